The van der Waals surface area contributed by atoms with Gasteiger partial charge in [-0.05, 0) is 73.7 Å². The molecule has 0 aromatic heterocycles. The molecule has 5 fully saturated rings. The van der Waals surface area contributed by atoms with Crippen molar-refractivity contribution in [3.8, 4) is 0 Å². The number of nitrogens with two attached hydrogens (primary N) is 1. The van der Waals surface area contributed by atoms with Crippen LogP contribution in [0.15, 0.2) is 0 Å². The maximum atomic E-state index is 14.0. The third-order valence-corrected chi connectivity index (χ3v) is 13.6. The number of rotatable bonds is 13. The van der Waals surface area contributed by atoms with E-state index in [9.17, 15) is 24.0 Å². The number of nitrogens with one attached hydrogen (secondary N) is 3. The summed E-state index contributed by atoms with van der Waals surface area (Å²) in [6.07, 6.45) is 9.59. The van der Waals surface area contributed by atoms with Crippen LogP contribution in [0.1, 0.15) is 106 Å². The van der Waals surface area contributed by atoms with E-state index in [1.54, 1.807) is 4.90 Å². The molecule has 0 aromatic rings. The Bertz CT molecular complexity index is 1280. The summed E-state index contributed by atoms with van der Waals surface area (Å²) in [5, 5.41) is 8.80. The van der Waals surface area contributed by atoms with Gasteiger partial charge in [-0.15, -0.1) is 0 Å². The lowest BCUT2D eigenvalue weighted by atomic mass is 9.54. The van der Waals surface area contributed by atoms with E-state index >= 15 is 0 Å². The quantitative estimate of drug-likeness (QED) is 0.217. The Morgan fingerprint density at radius 3 is 2.10 bits per heavy atom. The summed E-state index contributed by atoms with van der Waals surface area (Å²) in [5.41, 5.74) is 4.95. The highest BCUT2D eigenvalue weighted by Crippen LogP contribution is 2.57. The molecule has 2 unspecified atom stereocenters. The highest BCUT2D eigenvalue weighted by atomic mass is 16.2. The Labute approximate surface area is 293 Å². The smallest absolute Gasteiger partial charge is 0.315 e. The van der Waals surface area contributed by atoms with Crippen molar-refractivity contribution in [1.82, 2.24) is 30.7 Å². The molecule has 49 heavy (non-hydrogen) atoms. The number of carbonyl (C=O) groups is 5. The van der Waals surface area contributed by atoms with Gasteiger partial charge in [-0.1, -0.05) is 67.2 Å². The van der Waals surface area contributed by atoms with E-state index in [4.69, 9.17) is 5.73 Å². The van der Waals surface area contributed by atoms with Crippen molar-refractivity contribution in [2.75, 3.05) is 46.3 Å². The van der Waals surface area contributed by atoms with Gasteiger partial charge in [-0.2, -0.15) is 0 Å². The van der Waals surface area contributed by atoms with Gasteiger partial charge < -0.3 is 26.6 Å². The summed E-state index contributed by atoms with van der Waals surface area (Å²) < 4.78 is 0. The number of Topliss-reactive ketones (excluding diaryl/α,β-unsaturated/α-hetero) is 1. The Morgan fingerprint density at radius 1 is 0.918 bits per heavy atom. The van der Waals surface area contributed by atoms with Gasteiger partial charge in [0.2, 0.25) is 17.6 Å². The van der Waals surface area contributed by atoms with E-state index in [-0.39, 0.29) is 46.2 Å². The third-order valence-electron chi connectivity index (χ3n) is 13.6. The number of amides is 5. The molecule has 5 rings (SSSR count). The van der Waals surface area contributed by atoms with Crippen molar-refractivity contribution >= 4 is 29.5 Å². The van der Waals surface area contributed by atoms with Crippen LogP contribution in [-0.4, -0.2) is 114 Å². The van der Waals surface area contributed by atoms with Crippen LogP contribution < -0.4 is 21.7 Å². The summed E-state index contributed by atoms with van der Waals surface area (Å²) in [5.74, 6) is -1.91. The number of nitrogens with zero attached hydrogens (tertiary/aromatic N) is 3. The van der Waals surface area contributed by atoms with E-state index in [0.717, 1.165) is 58.3 Å². The first-order chi connectivity index (χ1) is 22.8. The Morgan fingerprint density at radius 2 is 1.57 bits per heavy atom. The molecule has 12 heteroatoms. The fourth-order valence-electron chi connectivity index (χ4n) is 8.65. The summed E-state index contributed by atoms with van der Waals surface area (Å²) in [6.45, 7) is 16.8. The summed E-state index contributed by atoms with van der Waals surface area (Å²) in [6, 6.07) is -2.38. The molecule has 4 atom stereocenters. The molecule has 2 aliphatic heterocycles. The zero-order valence-corrected chi connectivity index (χ0v) is 31.2. The van der Waals surface area contributed by atoms with Gasteiger partial charge in [0.1, 0.15) is 6.04 Å². The van der Waals surface area contributed by atoms with Crippen LogP contribution in [0.4, 0.5) is 4.79 Å². The molecule has 0 bridgehead atoms. The fraction of sp³-hybridized carbons (Fsp3) is 0.865. The fourth-order valence-corrected chi connectivity index (χ4v) is 8.65. The lowest BCUT2D eigenvalue weighted by molar-refractivity contribution is -0.141. The average molecular weight is 686 g/mol. The number of urea groups is 1. The molecule has 3 aliphatic carbocycles. The minimum Gasteiger partial charge on any atom is -0.363 e. The molecule has 2 heterocycles. The van der Waals surface area contributed by atoms with Crippen LogP contribution in [0.3, 0.4) is 0 Å². The number of ketones is 1. The monoisotopic (exact) mass is 685 g/mol. The minimum absolute atomic E-state index is 0.130. The number of likely N-dealkylation sites (N-methyl/N-ethyl adjacent to an activating group) is 1. The van der Waals surface area contributed by atoms with Gasteiger partial charge in [0, 0.05) is 44.3 Å². The van der Waals surface area contributed by atoms with Gasteiger partial charge >= 0.3 is 6.03 Å². The number of hydrogen-bond donors (Lipinski definition) is 4. The van der Waals surface area contributed by atoms with E-state index in [0.29, 0.717) is 25.3 Å². The standard InChI is InChI=1S/C37H63N7O5/c1-34(2,3)28(21-43-17-16-42(7)37(23-43)14-15-37)41-33(49)39-20-29(45)44-22-36(6,35(4,5)25-12-9-13-25)19-27(44)32(48)40-26(30(46)31(38)47)18-24-10-8-11-24/h24-28H,8-23H2,1-7H3,(H2,38,47)(H,40,48)(H2,39,41,49)/t26?,27-,28?,36-/m0/s1. The van der Waals surface area contributed by atoms with Crippen molar-refractivity contribution in [2.24, 2.45) is 33.8 Å². The molecule has 0 aromatic carbocycles. The van der Waals surface area contributed by atoms with Crippen molar-refractivity contribution in [3.63, 3.8) is 0 Å². The maximum Gasteiger partial charge on any atom is 0.315 e. The SMILES string of the molecule is CN1CCN(CC(NC(=O)NCC(=O)N2C[C@@](C)(C(C)(C)C3CCC3)C[C@H]2C(=O)NC(CC2CCC2)C(=O)C(N)=O)C(C)(C)C)CC12CC2. The van der Waals surface area contributed by atoms with Crippen LogP contribution in [0.2, 0.25) is 0 Å². The van der Waals surface area contributed by atoms with E-state index in [1.165, 1.54) is 19.3 Å². The molecular formula is C37H63N7O5. The Balaban J connectivity index is 1.25. The normalized spacial score (nSPS) is 27.5. The van der Waals surface area contributed by atoms with Crippen LogP contribution in [0.25, 0.3) is 0 Å². The third kappa shape index (κ3) is 8.10. The minimum atomic E-state index is -1.07. The molecule has 276 valence electrons. The van der Waals surface area contributed by atoms with Gasteiger partial charge in [-0.3, -0.25) is 29.0 Å². The predicted octanol–water partition coefficient (Wildman–Crippen LogP) is 2.64. The molecular weight excluding hydrogens is 622 g/mol. The first-order valence-corrected chi connectivity index (χ1v) is 18.8. The molecule has 5 aliphatic rings. The topological polar surface area (TPSA) is 157 Å². The van der Waals surface area contributed by atoms with E-state index < -0.39 is 35.7 Å². The second kappa shape index (κ2) is 14.1. The van der Waals surface area contributed by atoms with Crippen LogP contribution in [0, 0.1) is 28.1 Å². The van der Waals surface area contributed by atoms with E-state index in [2.05, 4.69) is 74.3 Å². The van der Waals surface area contributed by atoms with E-state index in [1.807, 2.05) is 0 Å². The van der Waals surface area contributed by atoms with Crippen LogP contribution in [-0.2, 0) is 19.2 Å². The largest absolute Gasteiger partial charge is 0.363 e. The number of hydrogen-bond acceptors (Lipinski definition) is 7. The van der Waals surface area contributed by atoms with Gasteiger partial charge in [-0.25, -0.2) is 4.79 Å². The highest BCUT2D eigenvalue weighted by molar-refractivity contribution is 6.37. The second-order valence-electron chi connectivity index (χ2n) is 18.1. The molecule has 0 radical (unpaired) electrons. The second-order valence-corrected chi connectivity index (χ2v) is 18.1. The van der Waals surface area contributed by atoms with Gasteiger partial charge in [0.15, 0.2) is 0 Å². The Kier molecular flexibility index (Phi) is 10.8. The number of likely N-dealkylation sites (tertiary alicyclic amines) is 1. The van der Waals surface area contributed by atoms with Crippen molar-refractivity contribution in [2.45, 2.75) is 129 Å². The lowest BCUT2D eigenvalue weighted by Crippen LogP contribution is -2.59. The number of primary amides is 1. The Hall–Kier alpha value is -2.73. The van der Waals surface area contributed by atoms with Crippen LogP contribution in [0.5, 0.6) is 0 Å². The predicted molar refractivity (Wildman–Crippen MR) is 188 cm³/mol. The summed E-state index contributed by atoms with van der Waals surface area (Å²) in [4.78, 5) is 72.5. The first-order valence-electron chi connectivity index (χ1n) is 18.8. The van der Waals surface area contributed by atoms with Crippen molar-refractivity contribution in [1.29, 1.82) is 0 Å². The first kappa shape index (κ1) is 37.5. The zero-order valence-electron chi connectivity index (χ0n) is 31.2. The number of piperazine rings is 1. The van der Waals surface area contributed by atoms with Crippen molar-refractivity contribution < 1.29 is 24.0 Å². The molecule has 5 N–H and O–H groups in total. The molecule has 5 amide bonds. The van der Waals surface area contributed by atoms with Crippen LogP contribution >= 0.6 is 0 Å². The molecule has 1 spiro atoms. The summed E-state index contributed by atoms with van der Waals surface area (Å²) >= 11 is 0. The molecule has 3 saturated carbocycles. The van der Waals surface area contributed by atoms with Gasteiger partial charge in [0.25, 0.3) is 5.91 Å². The van der Waals surface area contributed by atoms with Crippen molar-refractivity contribution in [3.05, 3.63) is 0 Å². The zero-order chi connectivity index (χ0) is 35.9. The lowest BCUT2D eigenvalue weighted by Gasteiger charge is -2.50. The summed E-state index contributed by atoms with van der Waals surface area (Å²) in [7, 11) is 2.20. The maximum absolute atomic E-state index is 14.0. The molecule has 2 saturated heterocycles. The van der Waals surface area contributed by atoms with Gasteiger partial charge in [0.05, 0.1) is 12.6 Å². The highest BCUT2D eigenvalue weighted by Gasteiger charge is 2.56. The molecule has 12 nitrogen and oxygen atoms in total. The number of carbonyl (C=O) groups excluding carboxylic acids is 5. The average Bonchev–Trinajstić information content (AvgIpc) is 3.63.